The molecule has 0 N–H and O–H groups in total. The topological polar surface area (TPSA) is 0 Å². The number of rotatable bonds is 2. The van der Waals surface area contributed by atoms with Crippen LogP contribution in [-0.2, 0) is 0 Å². The Hall–Kier alpha value is -0.823. The summed E-state index contributed by atoms with van der Waals surface area (Å²) in [5, 5.41) is 1.62. The average Bonchev–Trinajstić information content (AvgIpc) is 2.90. The summed E-state index contributed by atoms with van der Waals surface area (Å²) in [6, 6.07) is 11.2. The summed E-state index contributed by atoms with van der Waals surface area (Å²) in [6.07, 6.45) is 6.44. The number of allylic oxidation sites excluding steroid dienone is 2. The predicted molar refractivity (Wildman–Crippen MR) is 68.0 cm³/mol. The molecule has 0 bridgehead atoms. The van der Waals surface area contributed by atoms with Gasteiger partial charge in [-0.25, -0.2) is 0 Å². The second-order valence-corrected chi connectivity index (χ2v) is 10.2. The fourth-order valence-electron chi connectivity index (χ4n) is 3.11. The first-order valence-corrected chi connectivity index (χ1v) is 9.01. The first-order valence-electron chi connectivity index (χ1n) is 5.93. The fraction of sp³-hybridized carbons (Fsp3) is 0.429. The Morgan fingerprint density at radius 2 is 1.80 bits per heavy atom. The molecule has 1 aromatic carbocycles. The molecule has 0 nitrogen and oxygen atoms in total. The second kappa shape index (κ2) is 3.08. The van der Waals surface area contributed by atoms with E-state index in [9.17, 15) is 0 Å². The van der Waals surface area contributed by atoms with E-state index in [1.165, 1.54) is 6.42 Å². The molecule has 2 aliphatic rings. The minimum absolute atomic E-state index is 0.893. The van der Waals surface area contributed by atoms with Crippen LogP contribution in [-0.4, -0.2) is 8.07 Å². The summed E-state index contributed by atoms with van der Waals surface area (Å²) >= 11 is 0. The van der Waals surface area contributed by atoms with Crippen LogP contribution in [0.3, 0.4) is 0 Å². The molecule has 15 heavy (non-hydrogen) atoms. The molecule has 1 heteroatoms. The van der Waals surface area contributed by atoms with Crippen LogP contribution in [0.25, 0.3) is 0 Å². The van der Waals surface area contributed by atoms with E-state index in [1.54, 1.807) is 5.19 Å². The van der Waals surface area contributed by atoms with Crippen molar-refractivity contribution in [1.29, 1.82) is 0 Å². The Bertz CT molecular complexity index is 391. The first-order chi connectivity index (χ1) is 7.19. The molecule has 0 saturated heterocycles. The van der Waals surface area contributed by atoms with E-state index in [0.717, 1.165) is 17.4 Å². The highest BCUT2D eigenvalue weighted by atomic mass is 28.3. The van der Waals surface area contributed by atoms with Gasteiger partial charge in [0.2, 0.25) is 0 Å². The summed E-state index contributed by atoms with van der Waals surface area (Å²) in [5.74, 6) is 1.96. The zero-order valence-corrected chi connectivity index (χ0v) is 10.5. The van der Waals surface area contributed by atoms with Crippen molar-refractivity contribution in [3.05, 3.63) is 42.5 Å². The van der Waals surface area contributed by atoms with Gasteiger partial charge in [-0.05, 0) is 23.8 Å². The Morgan fingerprint density at radius 1 is 1.07 bits per heavy atom. The Balaban J connectivity index is 1.93. The molecule has 1 saturated carbocycles. The lowest BCUT2D eigenvalue weighted by atomic mass is 10.3. The smallest absolute Gasteiger partial charge is 0.0872 e. The molecule has 0 amide bonds. The molecule has 1 fully saturated rings. The van der Waals surface area contributed by atoms with Gasteiger partial charge in [0, 0.05) is 0 Å². The van der Waals surface area contributed by atoms with Gasteiger partial charge in [0.05, 0.1) is 8.07 Å². The third kappa shape index (κ3) is 1.41. The lowest BCUT2D eigenvalue weighted by Crippen LogP contribution is -2.45. The standard InChI is InChI=1S/C14H18Si/c1-15(2,12-6-4-3-5-7-12)14-9-8-11-10-13(11)14/h3-9,11,13-14H,10H2,1-2H3/t11-,13+,14+/m1/s1. The van der Waals surface area contributed by atoms with Gasteiger partial charge in [-0.1, -0.05) is 60.8 Å². The van der Waals surface area contributed by atoms with Gasteiger partial charge in [-0.2, -0.15) is 0 Å². The van der Waals surface area contributed by atoms with Crippen molar-refractivity contribution in [2.45, 2.75) is 25.1 Å². The molecule has 0 spiro atoms. The van der Waals surface area contributed by atoms with Crippen LogP contribution in [0.4, 0.5) is 0 Å². The lowest BCUT2D eigenvalue weighted by molar-refractivity contribution is 0.826. The highest BCUT2D eigenvalue weighted by Crippen LogP contribution is 2.57. The highest BCUT2D eigenvalue weighted by molar-refractivity contribution is 6.91. The zero-order valence-electron chi connectivity index (χ0n) is 9.48. The normalized spacial score (nSPS) is 32.8. The molecule has 1 aromatic rings. The number of hydrogen-bond acceptors (Lipinski definition) is 0. The molecule has 78 valence electrons. The van der Waals surface area contributed by atoms with Crippen molar-refractivity contribution in [3.63, 3.8) is 0 Å². The van der Waals surface area contributed by atoms with Crippen LogP contribution in [0, 0.1) is 11.8 Å². The van der Waals surface area contributed by atoms with Gasteiger partial charge >= 0.3 is 0 Å². The van der Waals surface area contributed by atoms with Crippen molar-refractivity contribution in [3.8, 4) is 0 Å². The maximum Gasteiger partial charge on any atom is 0.0876 e. The van der Waals surface area contributed by atoms with Gasteiger partial charge in [0.1, 0.15) is 0 Å². The Labute approximate surface area is 93.0 Å². The first kappa shape index (κ1) is 9.41. The van der Waals surface area contributed by atoms with Gasteiger partial charge < -0.3 is 0 Å². The summed E-state index contributed by atoms with van der Waals surface area (Å²) in [4.78, 5) is 0. The molecular weight excluding hydrogens is 196 g/mol. The molecular formula is C14H18Si. The van der Waals surface area contributed by atoms with Gasteiger partial charge in [-0.15, -0.1) is 0 Å². The fourth-order valence-corrected chi connectivity index (χ4v) is 6.59. The van der Waals surface area contributed by atoms with E-state index < -0.39 is 8.07 Å². The molecule has 0 unspecified atom stereocenters. The third-order valence-electron chi connectivity index (χ3n) is 4.27. The quantitative estimate of drug-likeness (QED) is 0.524. The Kier molecular flexibility index (Phi) is 1.93. The predicted octanol–water partition coefficient (Wildman–Crippen LogP) is 3.18. The van der Waals surface area contributed by atoms with Gasteiger partial charge in [0.25, 0.3) is 0 Å². The van der Waals surface area contributed by atoms with Crippen LogP contribution in [0.5, 0.6) is 0 Å². The third-order valence-corrected chi connectivity index (χ3v) is 8.38. The minimum Gasteiger partial charge on any atom is -0.0872 e. The summed E-state index contributed by atoms with van der Waals surface area (Å²) in [7, 11) is -1.25. The largest absolute Gasteiger partial charge is 0.0876 e. The van der Waals surface area contributed by atoms with Crippen LogP contribution in [0.2, 0.25) is 18.6 Å². The monoisotopic (exact) mass is 214 g/mol. The summed E-state index contributed by atoms with van der Waals surface area (Å²) in [6.45, 7) is 5.05. The maximum atomic E-state index is 2.53. The van der Waals surface area contributed by atoms with E-state index in [0.29, 0.717) is 0 Å². The highest BCUT2D eigenvalue weighted by Gasteiger charge is 2.50. The van der Waals surface area contributed by atoms with Crippen LogP contribution in [0.1, 0.15) is 6.42 Å². The molecule has 0 aliphatic heterocycles. The van der Waals surface area contributed by atoms with Crippen molar-refractivity contribution in [2.75, 3.05) is 0 Å². The molecule has 3 rings (SSSR count). The lowest BCUT2D eigenvalue weighted by Gasteiger charge is -2.30. The molecule has 0 heterocycles. The average molecular weight is 214 g/mol. The molecule has 0 radical (unpaired) electrons. The Morgan fingerprint density at radius 3 is 2.33 bits per heavy atom. The zero-order chi connectivity index (χ0) is 10.5. The molecule has 2 aliphatic carbocycles. The van der Waals surface area contributed by atoms with E-state index in [-0.39, 0.29) is 0 Å². The second-order valence-electron chi connectivity index (χ2n) is 5.56. The molecule has 0 aromatic heterocycles. The van der Waals surface area contributed by atoms with Crippen LogP contribution in [0.15, 0.2) is 42.5 Å². The van der Waals surface area contributed by atoms with Crippen LogP contribution >= 0.6 is 0 Å². The van der Waals surface area contributed by atoms with Crippen LogP contribution < -0.4 is 5.19 Å². The van der Waals surface area contributed by atoms with Crippen molar-refractivity contribution >= 4 is 13.3 Å². The van der Waals surface area contributed by atoms with Crippen molar-refractivity contribution < 1.29 is 0 Å². The van der Waals surface area contributed by atoms with Gasteiger partial charge in [-0.3, -0.25) is 0 Å². The number of fused-ring (bicyclic) bond motifs is 1. The van der Waals surface area contributed by atoms with Crippen molar-refractivity contribution in [1.82, 2.24) is 0 Å². The summed E-state index contributed by atoms with van der Waals surface area (Å²) < 4.78 is 0. The van der Waals surface area contributed by atoms with E-state index in [2.05, 4.69) is 55.6 Å². The number of benzene rings is 1. The van der Waals surface area contributed by atoms with E-state index in [1.807, 2.05) is 0 Å². The SMILES string of the molecule is C[Si](C)(c1ccccc1)[C@H]1C=C[C@@H]2C[C@@H]21. The van der Waals surface area contributed by atoms with E-state index in [4.69, 9.17) is 0 Å². The minimum atomic E-state index is -1.25. The van der Waals surface area contributed by atoms with Crippen molar-refractivity contribution in [2.24, 2.45) is 11.8 Å². The number of hydrogen-bond donors (Lipinski definition) is 0. The van der Waals surface area contributed by atoms with E-state index >= 15 is 0 Å². The summed E-state index contributed by atoms with van der Waals surface area (Å²) in [5.41, 5.74) is 0.893. The molecule has 3 atom stereocenters. The van der Waals surface area contributed by atoms with Gasteiger partial charge in [0.15, 0.2) is 0 Å². The maximum absolute atomic E-state index is 2.53.